The molecular formula is C20H14BrNO3S. The van der Waals surface area contributed by atoms with Crippen LogP contribution in [0.3, 0.4) is 0 Å². The van der Waals surface area contributed by atoms with Crippen LogP contribution in [0.25, 0.3) is 21.8 Å². The van der Waals surface area contributed by atoms with Crippen molar-refractivity contribution in [2.45, 2.75) is 4.90 Å². The fourth-order valence-electron chi connectivity index (χ4n) is 3.14. The van der Waals surface area contributed by atoms with Crippen molar-refractivity contribution in [3.63, 3.8) is 0 Å². The Bertz CT molecular complexity index is 1240. The molecule has 6 heteroatoms. The molecule has 0 spiro atoms. The van der Waals surface area contributed by atoms with Crippen LogP contribution >= 0.6 is 15.9 Å². The van der Waals surface area contributed by atoms with E-state index in [9.17, 15) is 13.2 Å². The summed E-state index contributed by atoms with van der Waals surface area (Å²) in [6, 6.07) is 20.9. The number of hydrogen-bond donors (Lipinski definition) is 0. The fraction of sp³-hybridized carbons (Fsp3) is 0.0500. The number of benzene rings is 3. The zero-order chi connectivity index (χ0) is 18.3. The highest BCUT2D eigenvalue weighted by atomic mass is 79.9. The molecule has 0 bridgehead atoms. The van der Waals surface area contributed by atoms with Gasteiger partial charge in [-0.05, 0) is 24.3 Å². The number of halogens is 1. The number of alkyl halides is 1. The van der Waals surface area contributed by atoms with Crippen LogP contribution in [-0.2, 0) is 10.0 Å². The van der Waals surface area contributed by atoms with Crippen LogP contribution in [0.4, 0.5) is 0 Å². The Hall–Kier alpha value is -2.44. The third-order valence-electron chi connectivity index (χ3n) is 4.35. The molecule has 0 saturated carbocycles. The monoisotopic (exact) mass is 427 g/mol. The Kier molecular flexibility index (Phi) is 4.17. The summed E-state index contributed by atoms with van der Waals surface area (Å²) in [4.78, 5) is 12.3. The minimum Gasteiger partial charge on any atom is -0.293 e. The van der Waals surface area contributed by atoms with Crippen molar-refractivity contribution < 1.29 is 13.2 Å². The molecule has 0 unspecified atom stereocenters. The third kappa shape index (κ3) is 2.57. The van der Waals surface area contributed by atoms with E-state index in [4.69, 9.17) is 0 Å². The summed E-state index contributed by atoms with van der Waals surface area (Å²) in [5.41, 5.74) is 1.57. The second-order valence-electron chi connectivity index (χ2n) is 5.89. The molecule has 0 radical (unpaired) electrons. The van der Waals surface area contributed by atoms with Crippen molar-refractivity contribution in [2.75, 3.05) is 5.33 Å². The number of rotatable bonds is 4. The van der Waals surface area contributed by atoms with Gasteiger partial charge in [0.1, 0.15) is 0 Å². The molecule has 0 aliphatic heterocycles. The first-order chi connectivity index (χ1) is 12.5. The van der Waals surface area contributed by atoms with Gasteiger partial charge in [0.15, 0.2) is 5.78 Å². The summed E-state index contributed by atoms with van der Waals surface area (Å²) in [6.45, 7) is 0. The number of hydrogen-bond acceptors (Lipinski definition) is 3. The van der Waals surface area contributed by atoms with Crippen LogP contribution < -0.4 is 0 Å². The van der Waals surface area contributed by atoms with Crippen LogP contribution in [0.2, 0.25) is 0 Å². The van der Waals surface area contributed by atoms with Gasteiger partial charge in [-0.2, -0.15) is 0 Å². The summed E-state index contributed by atoms with van der Waals surface area (Å²) in [6.07, 6.45) is 0. The van der Waals surface area contributed by atoms with Crippen LogP contribution in [0.5, 0.6) is 0 Å². The number of Topliss-reactive ketones (excluding diaryl/α,β-unsaturated/α-hetero) is 1. The Labute approximate surface area is 159 Å². The Balaban J connectivity index is 2.13. The molecule has 0 N–H and O–H groups in total. The quantitative estimate of drug-likeness (QED) is 0.353. The van der Waals surface area contributed by atoms with Gasteiger partial charge in [-0.3, -0.25) is 4.79 Å². The lowest BCUT2D eigenvalue weighted by Gasteiger charge is -2.09. The van der Waals surface area contributed by atoms with E-state index in [2.05, 4.69) is 15.9 Å². The zero-order valence-corrected chi connectivity index (χ0v) is 16.0. The first kappa shape index (κ1) is 17.0. The Morgan fingerprint density at radius 1 is 0.846 bits per heavy atom. The number of aromatic nitrogens is 1. The van der Waals surface area contributed by atoms with Crippen molar-refractivity contribution >= 4 is 53.5 Å². The van der Waals surface area contributed by atoms with E-state index in [1.165, 1.54) is 3.97 Å². The highest BCUT2D eigenvalue weighted by Crippen LogP contribution is 2.33. The van der Waals surface area contributed by atoms with Gasteiger partial charge < -0.3 is 0 Å². The molecule has 0 aliphatic rings. The van der Waals surface area contributed by atoms with Gasteiger partial charge in [-0.15, -0.1) is 0 Å². The average Bonchev–Trinajstić information content (AvgIpc) is 3.02. The summed E-state index contributed by atoms with van der Waals surface area (Å²) in [7, 11) is -3.80. The molecule has 0 aliphatic carbocycles. The normalized spacial score (nSPS) is 11.9. The molecule has 3 aromatic carbocycles. The third-order valence-corrected chi connectivity index (χ3v) is 6.61. The van der Waals surface area contributed by atoms with E-state index >= 15 is 0 Å². The first-order valence-corrected chi connectivity index (χ1v) is 10.5. The Morgan fingerprint density at radius 2 is 1.50 bits per heavy atom. The van der Waals surface area contributed by atoms with E-state index in [1.807, 2.05) is 24.3 Å². The van der Waals surface area contributed by atoms with E-state index < -0.39 is 10.0 Å². The maximum Gasteiger partial charge on any atom is 0.268 e. The molecule has 26 heavy (non-hydrogen) atoms. The minimum absolute atomic E-state index is 0.0965. The summed E-state index contributed by atoms with van der Waals surface area (Å²) in [5.74, 6) is -0.0965. The SMILES string of the molecule is O=C(CBr)c1ccc2c3ccccc3n(S(=O)(=O)c3ccccc3)c2c1. The van der Waals surface area contributed by atoms with Crippen molar-refractivity contribution in [3.8, 4) is 0 Å². The van der Waals surface area contributed by atoms with Crippen LogP contribution in [0.15, 0.2) is 77.7 Å². The Morgan fingerprint density at radius 3 is 2.23 bits per heavy atom. The molecule has 4 rings (SSSR count). The zero-order valence-electron chi connectivity index (χ0n) is 13.6. The topological polar surface area (TPSA) is 56.1 Å². The van der Waals surface area contributed by atoms with E-state index in [1.54, 1.807) is 48.5 Å². The second kappa shape index (κ2) is 6.37. The number of carbonyl (C=O) groups is 1. The van der Waals surface area contributed by atoms with E-state index in [-0.39, 0.29) is 16.0 Å². The molecule has 0 amide bonds. The van der Waals surface area contributed by atoms with Crippen LogP contribution in [0.1, 0.15) is 10.4 Å². The number of para-hydroxylation sites is 1. The standard InChI is InChI=1S/C20H14BrNO3S/c21-13-20(23)14-10-11-17-16-8-4-5-9-18(16)22(19(17)12-14)26(24,25)15-6-2-1-3-7-15/h1-12H,13H2. The number of ketones is 1. The first-order valence-electron chi connectivity index (χ1n) is 7.97. The van der Waals surface area contributed by atoms with Crippen molar-refractivity contribution in [1.82, 2.24) is 3.97 Å². The van der Waals surface area contributed by atoms with Gasteiger partial charge >= 0.3 is 0 Å². The maximum atomic E-state index is 13.3. The molecule has 4 aromatic rings. The molecular weight excluding hydrogens is 414 g/mol. The highest BCUT2D eigenvalue weighted by molar-refractivity contribution is 9.09. The largest absolute Gasteiger partial charge is 0.293 e. The van der Waals surface area contributed by atoms with Crippen molar-refractivity contribution in [1.29, 1.82) is 0 Å². The molecule has 0 atom stereocenters. The fourth-order valence-corrected chi connectivity index (χ4v) is 5.01. The lowest BCUT2D eigenvalue weighted by molar-refractivity contribution is 0.102. The van der Waals surface area contributed by atoms with Crippen molar-refractivity contribution in [3.05, 3.63) is 78.4 Å². The van der Waals surface area contributed by atoms with Crippen LogP contribution in [0, 0.1) is 0 Å². The summed E-state index contributed by atoms with van der Waals surface area (Å²) in [5, 5.41) is 1.82. The van der Waals surface area contributed by atoms with Gasteiger partial charge in [0, 0.05) is 16.3 Å². The van der Waals surface area contributed by atoms with Gasteiger partial charge in [0.2, 0.25) is 0 Å². The van der Waals surface area contributed by atoms with Gasteiger partial charge in [-0.1, -0.05) is 64.5 Å². The molecule has 0 saturated heterocycles. The van der Waals surface area contributed by atoms with Gasteiger partial charge in [-0.25, -0.2) is 12.4 Å². The smallest absolute Gasteiger partial charge is 0.268 e. The minimum atomic E-state index is -3.80. The average molecular weight is 428 g/mol. The molecule has 1 aromatic heterocycles. The number of fused-ring (bicyclic) bond motifs is 3. The molecule has 1 heterocycles. The van der Waals surface area contributed by atoms with Gasteiger partial charge in [0.05, 0.1) is 21.3 Å². The van der Waals surface area contributed by atoms with E-state index in [0.29, 0.717) is 16.6 Å². The van der Waals surface area contributed by atoms with Crippen molar-refractivity contribution in [2.24, 2.45) is 0 Å². The molecule has 0 fully saturated rings. The second-order valence-corrected chi connectivity index (χ2v) is 8.24. The predicted molar refractivity (Wildman–Crippen MR) is 107 cm³/mol. The summed E-state index contributed by atoms with van der Waals surface area (Å²) >= 11 is 3.17. The predicted octanol–water partition coefficient (Wildman–Crippen LogP) is 4.61. The lowest BCUT2D eigenvalue weighted by Crippen LogP contribution is -2.13. The maximum absolute atomic E-state index is 13.3. The van der Waals surface area contributed by atoms with Gasteiger partial charge in [0.25, 0.3) is 10.0 Å². The molecule has 4 nitrogen and oxygen atoms in total. The molecule has 130 valence electrons. The summed E-state index contributed by atoms with van der Waals surface area (Å²) < 4.78 is 28.0. The number of carbonyl (C=O) groups excluding carboxylic acids is 1. The number of nitrogens with zero attached hydrogens (tertiary/aromatic N) is 1. The highest BCUT2D eigenvalue weighted by Gasteiger charge is 2.23. The van der Waals surface area contributed by atoms with E-state index in [0.717, 1.165) is 10.8 Å². The van der Waals surface area contributed by atoms with Crippen LogP contribution in [-0.4, -0.2) is 23.5 Å². The lowest BCUT2D eigenvalue weighted by atomic mass is 10.1.